The predicted molar refractivity (Wildman–Crippen MR) is 151 cm³/mol. The van der Waals surface area contributed by atoms with Crippen molar-refractivity contribution >= 4 is 34.6 Å². The SMILES string of the molecule is CN=CC1=CCC(=c2c(=C3C=CC(Cl)=CC3)c3nnc(COC)n3n(Cc3ccc(C(F)(F)F)nc3C)c2=O)C=C1. The molecule has 0 saturated heterocycles. The molecule has 0 aliphatic heterocycles. The molecule has 0 saturated carbocycles. The lowest BCUT2D eigenvalue weighted by Crippen LogP contribution is -2.50. The van der Waals surface area contributed by atoms with Gasteiger partial charge in [0.05, 0.1) is 11.8 Å². The second-order valence-corrected chi connectivity index (χ2v) is 9.98. The Kier molecular flexibility index (Phi) is 7.92. The fourth-order valence-corrected chi connectivity index (χ4v) is 5.04. The van der Waals surface area contributed by atoms with Gasteiger partial charge in [-0.25, -0.2) is 14.2 Å². The minimum absolute atomic E-state index is 0.0550. The molecule has 212 valence electrons. The lowest BCUT2D eigenvalue weighted by Gasteiger charge is -2.16. The van der Waals surface area contributed by atoms with Crippen molar-refractivity contribution in [3.8, 4) is 0 Å². The van der Waals surface area contributed by atoms with Crippen LogP contribution in [0.25, 0.3) is 16.8 Å². The summed E-state index contributed by atoms with van der Waals surface area (Å²) in [7, 11) is 3.19. The minimum Gasteiger partial charge on any atom is -0.377 e. The molecule has 0 unspecified atom stereocenters. The highest BCUT2D eigenvalue weighted by Crippen LogP contribution is 2.28. The first-order valence-electron chi connectivity index (χ1n) is 12.7. The van der Waals surface area contributed by atoms with E-state index in [9.17, 15) is 18.0 Å². The number of nitrogens with zero attached hydrogens (tertiary/aromatic N) is 6. The van der Waals surface area contributed by atoms with Gasteiger partial charge in [-0.05, 0) is 54.2 Å². The molecule has 12 heteroatoms. The lowest BCUT2D eigenvalue weighted by molar-refractivity contribution is -0.141. The molecular weight excluding hydrogens is 557 g/mol. The Bertz CT molecular complexity index is 1880. The van der Waals surface area contributed by atoms with Crippen LogP contribution in [0.2, 0.25) is 0 Å². The Morgan fingerprint density at radius 2 is 1.80 bits per heavy atom. The van der Waals surface area contributed by atoms with Gasteiger partial charge in [0, 0.05) is 36.3 Å². The number of aryl methyl sites for hydroxylation is 1. The Hall–Kier alpha value is -4.09. The number of halogens is 4. The largest absolute Gasteiger partial charge is 0.433 e. The number of alkyl halides is 3. The molecular formula is C29H26ClF3N6O2. The molecule has 0 N–H and O–H groups in total. The number of hydrogen-bond donors (Lipinski definition) is 0. The van der Waals surface area contributed by atoms with Gasteiger partial charge < -0.3 is 4.74 Å². The highest BCUT2D eigenvalue weighted by atomic mass is 35.5. The molecule has 0 radical (unpaired) electrons. The van der Waals surface area contributed by atoms with Crippen LogP contribution in [0.3, 0.4) is 0 Å². The summed E-state index contributed by atoms with van der Waals surface area (Å²) in [5, 5.41) is 10.4. The number of methoxy groups -OCH3 is 1. The van der Waals surface area contributed by atoms with E-state index >= 15 is 0 Å². The summed E-state index contributed by atoms with van der Waals surface area (Å²) in [6.45, 7) is 1.48. The maximum absolute atomic E-state index is 14.5. The van der Waals surface area contributed by atoms with E-state index in [2.05, 4.69) is 20.2 Å². The van der Waals surface area contributed by atoms with E-state index in [0.29, 0.717) is 45.3 Å². The van der Waals surface area contributed by atoms with Gasteiger partial charge in [0.15, 0.2) is 11.5 Å². The van der Waals surface area contributed by atoms with Gasteiger partial charge in [0.2, 0.25) is 0 Å². The maximum Gasteiger partial charge on any atom is 0.433 e. The van der Waals surface area contributed by atoms with Crippen LogP contribution in [0.1, 0.15) is 35.6 Å². The second kappa shape index (κ2) is 11.4. The van der Waals surface area contributed by atoms with Crippen LogP contribution in [0.15, 0.2) is 69.0 Å². The van der Waals surface area contributed by atoms with Crippen molar-refractivity contribution in [1.82, 2.24) is 24.4 Å². The van der Waals surface area contributed by atoms with Crippen molar-refractivity contribution in [2.24, 2.45) is 4.99 Å². The van der Waals surface area contributed by atoms with Gasteiger partial charge in [0.25, 0.3) is 5.56 Å². The molecule has 0 bridgehead atoms. The Balaban J connectivity index is 1.86. The lowest BCUT2D eigenvalue weighted by atomic mass is 9.97. The van der Waals surface area contributed by atoms with E-state index in [1.54, 1.807) is 23.9 Å². The van der Waals surface area contributed by atoms with Crippen molar-refractivity contribution in [1.29, 1.82) is 0 Å². The molecule has 8 nitrogen and oxygen atoms in total. The summed E-state index contributed by atoms with van der Waals surface area (Å²) in [5.74, 6) is 0.365. The zero-order chi connectivity index (χ0) is 29.3. The number of hydrogen-bond acceptors (Lipinski definition) is 6. The summed E-state index contributed by atoms with van der Waals surface area (Å²) >= 11 is 6.20. The van der Waals surface area contributed by atoms with Gasteiger partial charge in [-0.3, -0.25) is 9.79 Å². The quantitative estimate of drug-likeness (QED) is 0.428. The second-order valence-electron chi connectivity index (χ2n) is 9.54. The third-order valence-electron chi connectivity index (χ3n) is 6.86. The van der Waals surface area contributed by atoms with Crippen molar-refractivity contribution in [3.05, 3.63) is 103 Å². The van der Waals surface area contributed by atoms with E-state index in [-0.39, 0.29) is 24.4 Å². The van der Waals surface area contributed by atoms with Gasteiger partial charge in [0.1, 0.15) is 12.3 Å². The molecule has 0 amide bonds. The number of aromatic nitrogens is 5. The first-order valence-corrected chi connectivity index (χ1v) is 13.1. The zero-order valence-corrected chi connectivity index (χ0v) is 23.3. The molecule has 2 aliphatic carbocycles. The standard InChI is InChI=1S/C29H26ClF3N6O2/c1-17-21(10-13-23(35-17)29(31,32)33)15-38-28(40)26(20-6-4-18(5-7-20)14-34-2)25(19-8-11-22(30)12-9-19)27-37-36-24(16-41-3)39(27)38/h4-6,8,10-14H,7,9,15-16H2,1-3H3. The van der Waals surface area contributed by atoms with Gasteiger partial charge in [-0.2, -0.15) is 13.2 Å². The van der Waals surface area contributed by atoms with Gasteiger partial charge in [-0.1, -0.05) is 48.0 Å². The van der Waals surface area contributed by atoms with E-state index in [0.717, 1.165) is 22.8 Å². The Morgan fingerprint density at radius 1 is 1.07 bits per heavy atom. The van der Waals surface area contributed by atoms with Crippen LogP contribution in [0.5, 0.6) is 0 Å². The normalized spacial score (nSPS) is 18.4. The average Bonchev–Trinajstić information content (AvgIpc) is 3.35. The number of rotatable bonds is 5. The molecule has 2 aliphatic rings. The monoisotopic (exact) mass is 582 g/mol. The molecule has 0 aromatic carbocycles. The summed E-state index contributed by atoms with van der Waals surface area (Å²) in [6.07, 6.45) is 9.29. The third kappa shape index (κ3) is 5.59. The van der Waals surface area contributed by atoms with E-state index in [4.69, 9.17) is 16.3 Å². The molecule has 0 fully saturated rings. The van der Waals surface area contributed by atoms with Gasteiger partial charge in [-0.15, -0.1) is 10.2 Å². The molecule has 3 aromatic heterocycles. The van der Waals surface area contributed by atoms with Crippen molar-refractivity contribution < 1.29 is 17.9 Å². The smallest absolute Gasteiger partial charge is 0.377 e. The fraction of sp³-hybridized carbons (Fsp3) is 0.276. The van der Waals surface area contributed by atoms with Crippen LogP contribution in [-0.4, -0.2) is 44.8 Å². The first-order chi connectivity index (χ1) is 19.6. The molecule has 0 atom stereocenters. The van der Waals surface area contributed by atoms with Crippen LogP contribution in [0.4, 0.5) is 13.2 Å². The van der Waals surface area contributed by atoms with E-state index < -0.39 is 11.9 Å². The number of fused-ring (bicyclic) bond motifs is 1. The highest BCUT2D eigenvalue weighted by Gasteiger charge is 2.32. The molecule has 3 heterocycles. The Labute approximate surface area is 237 Å². The fourth-order valence-electron chi connectivity index (χ4n) is 4.90. The van der Waals surface area contributed by atoms with Crippen molar-refractivity contribution in [2.75, 3.05) is 14.2 Å². The summed E-state index contributed by atoms with van der Waals surface area (Å²) in [5.41, 5.74) is 2.17. The van der Waals surface area contributed by atoms with Crippen LogP contribution in [-0.2, 0) is 24.1 Å². The Morgan fingerprint density at radius 3 is 2.41 bits per heavy atom. The van der Waals surface area contributed by atoms with Crippen molar-refractivity contribution in [3.63, 3.8) is 0 Å². The molecule has 3 aromatic rings. The predicted octanol–water partition coefficient (Wildman–Crippen LogP) is 3.78. The van der Waals surface area contributed by atoms with E-state index in [1.165, 1.54) is 24.8 Å². The average molecular weight is 583 g/mol. The maximum atomic E-state index is 14.5. The molecule has 41 heavy (non-hydrogen) atoms. The zero-order valence-electron chi connectivity index (χ0n) is 22.5. The summed E-state index contributed by atoms with van der Waals surface area (Å²) < 4.78 is 48.2. The number of allylic oxidation sites excluding steroid dienone is 8. The summed E-state index contributed by atoms with van der Waals surface area (Å²) in [4.78, 5) is 22.3. The van der Waals surface area contributed by atoms with E-state index in [1.807, 2.05) is 30.4 Å². The third-order valence-corrected chi connectivity index (χ3v) is 7.14. The number of pyridine rings is 1. The first kappa shape index (κ1) is 28.4. The van der Waals surface area contributed by atoms with Crippen LogP contribution >= 0.6 is 11.6 Å². The minimum atomic E-state index is -4.58. The van der Waals surface area contributed by atoms with Crippen LogP contribution in [0, 0.1) is 6.92 Å². The molecule has 5 rings (SSSR count). The highest BCUT2D eigenvalue weighted by molar-refractivity contribution is 6.31. The molecule has 0 spiro atoms. The topological polar surface area (TPSA) is 86.7 Å². The number of ether oxygens (including phenoxy) is 1. The van der Waals surface area contributed by atoms with Gasteiger partial charge >= 0.3 is 6.18 Å². The van der Waals surface area contributed by atoms with Crippen molar-refractivity contribution in [2.45, 2.75) is 39.1 Å². The summed E-state index contributed by atoms with van der Waals surface area (Å²) in [6, 6.07) is 2.26. The van der Waals surface area contributed by atoms with Crippen LogP contribution < -0.4 is 16.0 Å². The number of aliphatic imine (C=N–C) groups is 1.